The summed E-state index contributed by atoms with van der Waals surface area (Å²) in [5.74, 6) is 2.62. The van der Waals surface area contributed by atoms with Gasteiger partial charge in [-0.25, -0.2) is 0 Å². The molecule has 0 aromatic heterocycles. The van der Waals surface area contributed by atoms with Crippen LogP contribution >= 0.6 is 0 Å². The van der Waals surface area contributed by atoms with Crippen LogP contribution < -0.4 is 10.4 Å². The van der Waals surface area contributed by atoms with E-state index in [2.05, 4.69) is 66.7 Å². The fraction of sp³-hybridized carbons (Fsp3) is 0.0588. The molecule has 0 N–H and O–H groups in total. The quantitative estimate of drug-likeness (QED) is 0.578. The molecular formula is C17H16Si. The maximum Gasteiger partial charge on any atom is 0.138 e. The van der Waals surface area contributed by atoms with Crippen LogP contribution in [0.25, 0.3) is 0 Å². The molecule has 0 radical (unpaired) electrons. The van der Waals surface area contributed by atoms with Gasteiger partial charge in [0.05, 0.1) is 0 Å². The first-order valence-electron chi connectivity index (χ1n) is 6.02. The predicted molar refractivity (Wildman–Crippen MR) is 81.7 cm³/mol. The molecule has 18 heavy (non-hydrogen) atoms. The van der Waals surface area contributed by atoms with E-state index in [4.69, 9.17) is 6.42 Å². The Balaban J connectivity index is 2.56. The highest BCUT2D eigenvalue weighted by molar-refractivity contribution is 7.05. The minimum absolute atomic E-state index is 1.38. The van der Waals surface area contributed by atoms with Gasteiger partial charge in [0.2, 0.25) is 0 Å². The predicted octanol–water partition coefficient (Wildman–Crippen LogP) is 2.61. The third kappa shape index (κ3) is 2.44. The van der Waals surface area contributed by atoms with Gasteiger partial charge in [0.15, 0.2) is 0 Å². The summed E-state index contributed by atoms with van der Waals surface area (Å²) >= 11 is 0. The summed E-state index contributed by atoms with van der Waals surface area (Å²) in [5.41, 5.74) is 2.22. The van der Waals surface area contributed by atoms with Crippen molar-refractivity contribution < 1.29 is 0 Å². The van der Waals surface area contributed by atoms with E-state index in [-0.39, 0.29) is 0 Å². The second kappa shape index (κ2) is 5.53. The lowest BCUT2D eigenvalue weighted by molar-refractivity contribution is 1.69. The second-order valence-electron chi connectivity index (χ2n) is 4.43. The average molecular weight is 248 g/mol. The first-order valence-corrected chi connectivity index (χ1v) is 8.60. The van der Waals surface area contributed by atoms with E-state index in [1.165, 1.54) is 10.4 Å². The van der Waals surface area contributed by atoms with Gasteiger partial charge in [0.25, 0.3) is 0 Å². The van der Waals surface area contributed by atoms with Crippen molar-refractivity contribution in [1.29, 1.82) is 0 Å². The van der Waals surface area contributed by atoms with Crippen LogP contribution in [0.5, 0.6) is 0 Å². The molecule has 0 atom stereocenters. The standard InChI is InChI=1S/C17H16Si/c1-3-4-15-18(2,16-11-7-5-8-12-16)17-13-9-6-10-14-17/h1,4-15H,2H3/b15-4+. The van der Waals surface area contributed by atoms with Crippen LogP contribution in [0, 0.1) is 12.3 Å². The summed E-state index contributed by atoms with van der Waals surface area (Å²) < 4.78 is 0. The van der Waals surface area contributed by atoms with Crippen LogP contribution in [-0.2, 0) is 0 Å². The van der Waals surface area contributed by atoms with Crippen molar-refractivity contribution in [3.63, 3.8) is 0 Å². The van der Waals surface area contributed by atoms with Crippen LogP contribution in [0.1, 0.15) is 0 Å². The monoisotopic (exact) mass is 248 g/mol. The molecule has 1 heteroatoms. The third-order valence-corrected chi connectivity index (χ3v) is 7.16. The number of allylic oxidation sites excluding steroid dienone is 1. The van der Waals surface area contributed by atoms with E-state index in [9.17, 15) is 0 Å². The molecule has 0 fully saturated rings. The van der Waals surface area contributed by atoms with E-state index >= 15 is 0 Å². The van der Waals surface area contributed by atoms with Gasteiger partial charge in [-0.1, -0.05) is 89.2 Å². The van der Waals surface area contributed by atoms with Gasteiger partial charge in [-0.2, -0.15) is 0 Å². The molecule has 0 heterocycles. The molecule has 0 aliphatic carbocycles. The maximum absolute atomic E-state index is 5.38. The van der Waals surface area contributed by atoms with Crippen molar-refractivity contribution in [1.82, 2.24) is 0 Å². The molecule has 2 rings (SSSR count). The van der Waals surface area contributed by atoms with Crippen LogP contribution in [0.2, 0.25) is 6.55 Å². The lowest BCUT2D eigenvalue weighted by atomic mass is 10.4. The second-order valence-corrected chi connectivity index (χ2v) is 8.33. The number of benzene rings is 2. The number of rotatable bonds is 3. The lowest BCUT2D eigenvalue weighted by Gasteiger charge is -2.24. The zero-order chi connectivity index (χ0) is 12.8. The van der Waals surface area contributed by atoms with E-state index in [1.807, 2.05) is 18.2 Å². The summed E-state index contributed by atoms with van der Waals surface area (Å²) in [7, 11) is -1.85. The zero-order valence-corrected chi connectivity index (χ0v) is 11.5. The normalized spacial score (nSPS) is 11.3. The average Bonchev–Trinajstić information content (AvgIpc) is 2.46. The van der Waals surface area contributed by atoms with Crippen molar-refractivity contribution in [2.45, 2.75) is 6.55 Å². The van der Waals surface area contributed by atoms with Crippen LogP contribution in [-0.4, -0.2) is 8.07 Å². The number of hydrogen-bond donors (Lipinski definition) is 0. The van der Waals surface area contributed by atoms with E-state index < -0.39 is 8.07 Å². The maximum atomic E-state index is 5.38. The molecule has 0 aliphatic heterocycles. The molecule has 0 saturated heterocycles. The van der Waals surface area contributed by atoms with Crippen molar-refractivity contribution in [3.05, 3.63) is 72.4 Å². The molecule has 0 saturated carbocycles. The molecule has 0 unspecified atom stereocenters. The van der Waals surface area contributed by atoms with Crippen molar-refractivity contribution in [2.24, 2.45) is 0 Å². The first kappa shape index (κ1) is 12.4. The molecule has 0 aliphatic rings. The summed E-state index contributed by atoms with van der Waals surface area (Å²) in [5, 5.41) is 2.76. The molecular weight excluding hydrogens is 232 g/mol. The Morgan fingerprint density at radius 3 is 1.72 bits per heavy atom. The van der Waals surface area contributed by atoms with Crippen LogP contribution in [0.4, 0.5) is 0 Å². The molecule has 0 spiro atoms. The highest BCUT2D eigenvalue weighted by Crippen LogP contribution is 2.07. The molecule has 88 valence electrons. The van der Waals surface area contributed by atoms with E-state index in [0.717, 1.165) is 0 Å². The fourth-order valence-corrected chi connectivity index (χ4v) is 5.06. The molecule has 0 bridgehead atoms. The number of terminal acetylenes is 1. The summed E-state index contributed by atoms with van der Waals surface area (Å²) in [6, 6.07) is 21.2. The van der Waals surface area contributed by atoms with Crippen LogP contribution in [0.3, 0.4) is 0 Å². The highest BCUT2D eigenvalue weighted by atomic mass is 28.3. The van der Waals surface area contributed by atoms with Gasteiger partial charge in [-0.3, -0.25) is 0 Å². The van der Waals surface area contributed by atoms with Gasteiger partial charge in [-0.15, -0.1) is 6.42 Å². The van der Waals surface area contributed by atoms with Crippen molar-refractivity contribution >= 4 is 18.4 Å². The fourth-order valence-electron chi connectivity index (χ4n) is 2.14. The van der Waals surface area contributed by atoms with Crippen molar-refractivity contribution in [3.8, 4) is 12.3 Å². The zero-order valence-electron chi connectivity index (χ0n) is 10.5. The van der Waals surface area contributed by atoms with E-state index in [0.29, 0.717) is 0 Å². The molecule has 0 nitrogen and oxygen atoms in total. The van der Waals surface area contributed by atoms with E-state index in [1.54, 1.807) is 0 Å². The third-order valence-electron chi connectivity index (χ3n) is 3.26. The molecule has 0 amide bonds. The molecule has 2 aromatic rings. The topological polar surface area (TPSA) is 0 Å². The van der Waals surface area contributed by atoms with Gasteiger partial charge < -0.3 is 0 Å². The smallest absolute Gasteiger partial charge is 0.115 e. The lowest BCUT2D eigenvalue weighted by Crippen LogP contribution is -2.54. The van der Waals surface area contributed by atoms with Gasteiger partial charge in [0, 0.05) is 0 Å². The number of hydrogen-bond acceptors (Lipinski definition) is 0. The Kier molecular flexibility index (Phi) is 3.81. The first-order chi connectivity index (χ1) is 8.77. The van der Waals surface area contributed by atoms with Gasteiger partial charge in [0.1, 0.15) is 8.07 Å². The van der Waals surface area contributed by atoms with Gasteiger partial charge >= 0.3 is 0 Å². The summed E-state index contributed by atoms with van der Waals surface area (Å²) in [6.07, 6.45) is 7.22. The summed E-state index contributed by atoms with van der Waals surface area (Å²) in [6.45, 7) is 2.32. The minimum Gasteiger partial charge on any atom is -0.115 e. The Morgan fingerprint density at radius 1 is 0.889 bits per heavy atom. The Bertz CT molecular complexity index is 522. The SMILES string of the molecule is C#C/C=C/[Si](C)(c1ccccc1)c1ccccc1. The van der Waals surface area contributed by atoms with Crippen LogP contribution in [0.15, 0.2) is 72.4 Å². The largest absolute Gasteiger partial charge is 0.138 e. The molecule has 2 aromatic carbocycles. The Labute approximate surface area is 110 Å². The summed E-state index contributed by atoms with van der Waals surface area (Å²) in [4.78, 5) is 0. The highest BCUT2D eigenvalue weighted by Gasteiger charge is 2.28. The Morgan fingerprint density at radius 2 is 1.33 bits per heavy atom. The van der Waals surface area contributed by atoms with Gasteiger partial charge in [-0.05, 0) is 6.08 Å². The van der Waals surface area contributed by atoms with Crippen molar-refractivity contribution in [2.75, 3.05) is 0 Å². The minimum atomic E-state index is -1.85. The Hall–Kier alpha value is -2.04.